The van der Waals surface area contributed by atoms with Crippen LogP contribution in [0, 0.1) is 11.8 Å². The summed E-state index contributed by atoms with van der Waals surface area (Å²) in [5, 5.41) is 8.67. The van der Waals surface area contributed by atoms with Crippen LogP contribution in [0.3, 0.4) is 0 Å². The maximum absolute atomic E-state index is 10.6. The average molecular weight is 175 g/mol. The number of aldehydes is 1. The average Bonchev–Trinajstić information content (AvgIpc) is 2.15. The van der Waals surface area contributed by atoms with Crippen molar-refractivity contribution in [1.82, 2.24) is 4.98 Å². The molecule has 0 unspecified atom stereocenters. The van der Waals surface area contributed by atoms with Crippen LogP contribution in [0.25, 0.3) is 0 Å². The van der Waals surface area contributed by atoms with Gasteiger partial charge < -0.3 is 5.11 Å². The van der Waals surface area contributed by atoms with Crippen LogP contribution in [0.2, 0.25) is 0 Å². The maximum Gasteiger partial charge on any atom is 0.338 e. The van der Waals surface area contributed by atoms with E-state index in [0.29, 0.717) is 6.29 Å². The smallest absolute Gasteiger partial charge is 0.338 e. The van der Waals surface area contributed by atoms with Crippen molar-refractivity contribution in [3.63, 3.8) is 0 Å². The van der Waals surface area contributed by atoms with E-state index in [1.807, 2.05) is 0 Å². The van der Waals surface area contributed by atoms with Crippen LogP contribution < -0.4 is 0 Å². The summed E-state index contributed by atoms with van der Waals surface area (Å²) in [4.78, 5) is 24.2. The first-order chi connectivity index (χ1) is 6.25. The van der Waals surface area contributed by atoms with Crippen molar-refractivity contribution in [2.24, 2.45) is 0 Å². The summed E-state index contributed by atoms with van der Waals surface area (Å²) in [5.74, 6) is 3.33. The Kier molecular flexibility index (Phi) is 2.77. The molecule has 1 aromatic heterocycles. The molecule has 1 N–H and O–H groups in total. The summed E-state index contributed by atoms with van der Waals surface area (Å²) in [6.45, 7) is 0. The fourth-order valence-electron chi connectivity index (χ4n) is 0.775. The van der Waals surface area contributed by atoms with Crippen molar-refractivity contribution in [3.8, 4) is 11.8 Å². The Morgan fingerprint density at radius 3 is 3.00 bits per heavy atom. The highest BCUT2D eigenvalue weighted by Crippen LogP contribution is 2.02. The second-order valence-electron chi connectivity index (χ2n) is 2.09. The van der Waals surface area contributed by atoms with Gasteiger partial charge in [-0.1, -0.05) is 0 Å². The third kappa shape index (κ3) is 2.14. The molecule has 0 saturated heterocycles. The molecular formula is C9H5NO3. The number of carboxylic acid groups (broad SMARTS) is 1. The Labute approximate surface area is 74.2 Å². The number of hydrogen-bond acceptors (Lipinski definition) is 3. The molecule has 0 aliphatic heterocycles. The molecule has 0 fully saturated rings. The van der Waals surface area contributed by atoms with E-state index in [0.717, 1.165) is 0 Å². The van der Waals surface area contributed by atoms with Gasteiger partial charge in [0.15, 0.2) is 6.29 Å². The van der Waals surface area contributed by atoms with E-state index in [4.69, 9.17) is 5.11 Å². The standard InChI is InChI=1S/C9H5NO3/c11-6-2-4-8-7(9(12)13)3-1-5-10-8/h1,3,5-6H,(H,12,13). The maximum atomic E-state index is 10.6. The SMILES string of the molecule is O=CC#Cc1ncccc1C(=O)O. The van der Waals surface area contributed by atoms with E-state index < -0.39 is 5.97 Å². The third-order valence-electron chi connectivity index (χ3n) is 1.29. The monoisotopic (exact) mass is 175 g/mol. The van der Waals surface area contributed by atoms with Gasteiger partial charge >= 0.3 is 5.97 Å². The van der Waals surface area contributed by atoms with Gasteiger partial charge in [0, 0.05) is 6.20 Å². The first kappa shape index (κ1) is 8.94. The molecule has 1 aromatic rings. The summed E-state index contributed by atoms with van der Waals surface area (Å²) in [6, 6.07) is 2.87. The van der Waals surface area contributed by atoms with Gasteiger partial charge in [0.05, 0.1) is 5.56 Å². The molecule has 4 heteroatoms. The number of nitrogens with zero attached hydrogens (tertiary/aromatic N) is 1. The zero-order valence-corrected chi connectivity index (χ0v) is 6.52. The number of hydrogen-bond donors (Lipinski definition) is 1. The number of carboxylic acids is 1. The summed E-state index contributed by atoms with van der Waals surface area (Å²) in [7, 11) is 0. The number of carbonyl (C=O) groups excluding carboxylic acids is 1. The predicted molar refractivity (Wildman–Crippen MR) is 44.1 cm³/mol. The molecule has 0 saturated carbocycles. The molecule has 0 atom stereocenters. The Morgan fingerprint density at radius 1 is 1.62 bits per heavy atom. The lowest BCUT2D eigenvalue weighted by Gasteiger charge is -1.94. The Morgan fingerprint density at radius 2 is 2.38 bits per heavy atom. The van der Waals surface area contributed by atoms with Crippen LogP contribution in [0.5, 0.6) is 0 Å². The third-order valence-corrected chi connectivity index (χ3v) is 1.29. The molecule has 64 valence electrons. The first-order valence-corrected chi connectivity index (χ1v) is 3.39. The Bertz CT molecular complexity index is 401. The fraction of sp³-hybridized carbons (Fsp3) is 0. The van der Waals surface area contributed by atoms with Crippen molar-refractivity contribution in [3.05, 3.63) is 29.6 Å². The van der Waals surface area contributed by atoms with Crippen LogP contribution in [0.15, 0.2) is 18.3 Å². The quantitative estimate of drug-likeness (QED) is 0.493. The van der Waals surface area contributed by atoms with E-state index in [-0.39, 0.29) is 11.3 Å². The number of aromatic carboxylic acids is 1. The molecule has 0 aliphatic rings. The highest BCUT2D eigenvalue weighted by atomic mass is 16.4. The van der Waals surface area contributed by atoms with Crippen LogP contribution in [-0.4, -0.2) is 22.3 Å². The summed E-state index contributed by atoms with van der Waals surface area (Å²) in [6.07, 6.45) is 1.81. The van der Waals surface area contributed by atoms with E-state index in [2.05, 4.69) is 16.8 Å². The normalized spacial score (nSPS) is 8.31. The molecule has 0 aromatic carbocycles. The number of pyridine rings is 1. The predicted octanol–water partition coefficient (Wildman–Crippen LogP) is 0.330. The van der Waals surface area contributed by atoms with Gasteiger partial charge in [0.1, 0.15) is 5.69 Å². The van der Waals surface area contributed by atoms with Crippen molar-refractivity contribution >= 4 is 12.3 Å². The Hall–Kier alpha value is -2.15. The molecule has 0 amide bonds. The van der Waals surface area contributed by atoms with Gasteiger partial charge in [0.25, 0.3) is 0 Å². The van der Waals surface area contributed by atoms with Crippen molar-refractivity contribution in [2.75, 3.05) is 0 Å². The van der Waals surface area contributed by atoms with Crippen molar-refractivity contribution in [1.29, 1.82) is 0 Å². The minimum Gasteiger partial charge on any atom is -0.478 e. The van der Waals surface area contributed by atoms with E-state index >= 15 is 0 Å². The van der Waals surface area contributed by atoms with Crippen LogP contribution >= 0.6 is 0 Å². The lowest BCUT2D eigenvalue weighted by molar-refractivity contribution is -0.103. The van der Waals surface area contributed by atoms with Crippen LogP contribution in [0.4, 0.5) is 0 Å². The molecular weight excluding hydrogens is 170 g/mol. The van der Waals surface area contributed by atoms with Crippen molar-refractivity contribution in [2.45, 2.75) is 0 Å². The van der Waals surface area contributed by atoms with Gasteiger partial charge in [0.2, 0.25) is 0 Å². The Balaban J connectivity index is 3.19. The summed E-state index contributed by atoms with van der Waals surface area (Å²) in [5.41, 5.74) is 0.0963. The molecule has 1 rings (SSSR count). The van der Waals surface area contributed by atoms with Gasteiger partial charge in [-0.2, -0.15) is 0 Å². The molecule has 0 spiro atoms. The zero-order valence-electron chi connectivity index (χ0n) is 6.52. The minimum atomic E-state index is -1.11. The number of carbonyl (C=O) groups is 2. The summed E-state index contributed by atoms with van der Waals surface area (Å²) >= 11 is 0. The number of rotatable bonds is 1. The van der Waals surface area contributed by atoms with Gasteiger partial charge in [-0.05, 0) is 24.0 Å². The molecule has 0 aliphatic carbocycles. The van der Waals surface area contributed by atoms with E-state index in [1.165, 1.54) is 18.3 Å². The van der Waals surface area contributed by atoms with Gasteiger partial charge in [-0.15, -0.1) is 0 Å². The van der Waals surface area contributed by atoms with Crippen molar-refractivity contribution < 1.29 is 14.7 Å². The summed E-state index contributed by atoms with van der Waals surface area (Å²) < 4.78 is 0. The molecule has 4 nitrogen and oxygen atoms in total. The molecule has 1 heterocycles. The van der Waals surface area contributed by atoms with Gasteiger partial charge in [-0.3, -0.25) is 4.79 Å². The second kappa shape index (κ2) is 4.02. The molecule has 0 radical (unpaired) electrons. The van der Waals surface area contributed by atoms with E-state index in [1.54, 1.807) is 0 Å². The second-order valence-corrected chi connectivity index (χ2v) is 2.09. The van der Waals surface area contributed by atoms with Crippen LogP contribution in [0.1, 0.15) is 16.1 Å². The minimum absolute atomic E-state index is 0.00292. The first-order valence-electron chi connectivity index (χ1n) is 3.39. The van der Waals surface area contributed by atoms with Gasteiger partial charge in [-0.25, -0.2) is 9.78 Å². The zero-order chi connectivity index (χ0) is 9.68. The highest BCUT2D eigenvalue weighted by Gasteiger charge is 2.07. The fourth-order valence-corrected chi connectivity index (χ4v) is 0.775. The largest absolute Gasteiger partial charge is 0.478 e. The topological polar surface area (TPSA) is 67.3 Å². The molecule has 13 heavy (non-hydrogen) atoms. The molecule has 0 bridgehead atoms. The van der Waals surface area contributed by atoms with Crippen LogP contribution in [-0.2, 0) is 4.79 Å². The lowest BCUT2D eigenvalue weighted by atomic mass is 10.2. The lowest BCUT2D eigenvalue weighted by Crippen LogP contribution is -2.01. The van der Waals surface area contributed by atoms with E-state index in [9.17, 15) is 9.59 Å². The number of aromatic nitrogens is 1. The highest BCUT2D eigenvalue weighted by molar-refractivity contribution is 5.90.